The van der Waals surface area contributed by atoms with Crippen molar-refractivity contribution in [1.29, 1.82) is 0 Å². The van der Waals surface area contributed by atoms with Crippen LogP contribution in [0.4, 0.5) is 0 Å². The molecule has 1 aliphatic rings. The number of rotatable bonds is 4. The molecular weight excluding hydrogens is 344 g/mol. The Balaban J connectivity index is 1.63. The van der Waals surface area contributed by atoms with Crippen molar-refractivity contribution in [2.45, 2.75) is 12.8 Å². The van der Waals surface area contributed by atoms with Crippen molar-refractivity contribution in [3.05, 3.63) is 27.5 Å². The third-order valence-electron chi connectivity index (χ3n) is 3.56. The van der Waals surface area contributed by atoms with Gasteiger partial charge in [-0.3, -0.25) is 9.59 Å². The maximum atomic E-state index is 12.2. The normalized spacial score (nSPS) is 17.9. The van der Waals surface area contributed by atoms with Crippen molar-refractivity contribution in [3.63, 3.8) is 0 Å². The van der Waals surface area contributed by atoms with Crippen molar-refractivity contribution < 1.29 is 14.7 Å². The van der Waals surface area contributed by atoms with E-state index in [4.69, 9.17) is 16.7 Å². The molecule has 0 saturated carbocycles. The fourth-order valence-corrected chi connectivity index (χ4v) is 4.32. The Labute approximate surface area is 140 Å². The van der Waals surface area contributed by atoms with Crippen LogP contribution in [-0.2, 0) is 16.0 Å². The number of aromatic nitrogens is 1. The van der Waals surface area contributed by atoms with E-state index in [-0.39, 0.29) is 12.3 Å². The van der Waals surface area contributed by atoms with Crippen LogP contribution in [0.15, 0.2) is 17.5 Å². The molecule has 1 atom stereocenters. The van der Waals surface area contributed by atoms with E-state index in [0.717, 1.165) is 9.88 Å². The highest BCUT2D eigenvalue weighted by molar-refractivity contribution is 7.23. The Kier molecular flexibility index (Phi) is 4.46. The lowest BCUT2D eigenvalue weighted by atomic mass is 10.1. The number of thiazole rings is 1. The van der Waals surface area contributed by atoms with Crippen molar-refractivity contribution in [3.8, 4) is 9.88 Å². The van der Waals surface area contributed by atoms with Gasteiger partial charge in [0.15, 0.2) is 0 Å². The minimum atomic E-state index is -0.833. The van der Waals surface area contributed by atoms with Gasteiger partial charge < -0.3 is 10.0 Å². The van der Waals surface area contributed by atoms with E-state index in [1.165, 1.54) is 22.7 Å². The van der Waals surface area contributed by atoms with Crippen molar-refractivity contribution in [2.75, 3.05) is 13.1 Å². The molecule has 0 radical (unpaired) electrons. The number of aliphatic carboxylic acids is 1. The van der Waals surface area contributed by atoms with E-state index < -0.39 is 11.9 Å². The van der Waals surface area contributed by atoms with E-state index in [9.17, 15) is 9.59 Å². The predicted octanol–water partition coefficient (Wildman–Crippen LogP) is 3.00. The van der Waals surface area contributed by atoms with Crippen LogP contribution in [0.3, 0.4) is 0 Å². The van der Waals surface area contributed by atoms with Crippen molar-refractivity contribution >= 4 is 46.2 Å². The monoisotopic (exact) mass is 356 g/mol. The lowest BCUT2D eigenvalue weighted by Gasteiger charge is -2.14. The lowest BCUT2D eigenvalue weighted by molar-refractivity contribution is -0.141. The second-order valence-corrected chi connectivity index (χ2v) is 7.66. The van der Waals surface area contributed by atoms with Gasteiger partial charge >= 0.3 is 5.97 Å². The van der Waals surface area contributed by atoms with Crippen LogP contribution in [0.5, 0.6) is 0 Å². The number of carbonyl (C=O) groups excluding carboxylic acids is 1. The SMILES string of the molecule is O=C(O)[C@H]1CCN(C(=O)Cc2csc(-c3ccc(Cl)s3)n2)C1. The van der Waals surface area contributed by atoms with Gasteiger partial charge in [0.2, 0.25) is 5.91 Å². The Morgan fingerprint density at radius 2 is 2.27 bits per heavy atom. The number of nitrogens with zero attached hydrogens (tertiary/aromatic N) is 2. The van der Waals surface area contributed by atoms with E-state index in [2.05, 4.69) is 4.98 Å². The molecule has 22 heavy (non-hydrogen) atoms. The van der Waals surface area contributed by atoms with E-state index in [0.29, 0.717) is 29.5 Å². The fourth-order valence-electron chi connectivity index (χ4n) is 2.39. The van der Waals surface area contributed by atoms with Crippen LogP contribution in [0.25, 0.3) is 9.88 Å². The molecule has 8 heteroatoms. The van der Waals surface area contributed by atoms with Gasteiger partial charge in [-0.25, -0.2) is 4.98 Å². The van der Waals surface area contributed by atoms with Crippen LogP contribution in [0.1, 0.15) is 12.1 Å². The van der Waals surface area contributed by atoms with Crippen LogP contribution < -0.4 is 0 Å². The highest BCUT2D eigenvalue weighted by Gasteiger charge is 2.30. The third-order valence-corrected chi connectivity index (χ3v) is 5.85. The molecule has 0 spiro atoms. The summed E-state index contributed by atoms with van der Waals surface area (Å²) in [6.07, 6.45) is 0.735. The zero-order valence-corrected chi connectivity index (χ0v) is 13.9. The highest BCUT2D eigenvalue weighted by Crippen LogP contribution is 2.33. The molecule has 3 heterocycles. The van der Waals surface area contributed by atoms with Crippen molar-refractivity contribution in [1.82, 2.24) is 9.88 Å². The van der Waals surface area contributed by atoms with Crippen LogP contribution >= 0.6 is 34.3 Å². The molecule has 5 nitrogen and oxygen atoms in total. The molecular formula is C14H13ClN2O3S2. The summed E-state index contributed by atoms with van der Waals surface area (Å²) in [6, 6.07) is 3.74. The Morgan fingerprint density at radius 3 is 2.91 bits per heavy atom. The zero-order chi connectivity index (χ0) is 15.7. The number of carboxylic acid groups (broad SMARTS) is 1. The predicted molar refractivity (Wildman–Crippen MR) is 86.5 cm³/mol. The molecule has 3 rings (SSSR count). The van der Waals surface area contributed by atoms with Crippen LogP contribution in [0.2, 0.25) is 4.34 Å². The third kappa shape index (κ3) is 3.31. The number of hydrogen-bond acceptors (Lipinski definition) is 5. The minimum absolute atomic E-state index is 0.0650. The van der Waals surface area contributed by atoms with Gasteiger partial charge in [-0.15, -0.1) is 22.7 Å². The first kappa shape index (κ1) is 15.5. The van der Waals surface area contributed by atoms with Gasteiger partial charge in [0.25, 0.3) is 0 Å². The number of thiophene rings is 1. The van der Waals surface area contributed by atoms with Gasteiger partial charge in [0.1, 0.15) is 5.01 Å². The number of carboxylic acids is 1. The zero-order valence-electron chi connectivity index (χ0n) is 11.5. The summed E-state index contributed by atoms with van der Waals surface area (Å²) in [5.41, 5.74) is 0.716. The number of halogens is 1. The molecule has 1 aliphatic heterocycles. The lowest BCUT2D eigenvalue weighted by Crippen LogP contribution is -2.31. The fraction of sp³-hybridized carbons (Fsp3) is 0.357. The smallest absolute Gasteiger partial charge is 0.308 e. The Bertz CT molecular complexity index is 713. The van der Waals surface area contributed by atoms with Crippen molar-refractivity contribution in [2.24, 2.45) is 5.92 Å². The average molecular weight is 357 g/mol. The number of likely N-dealkylation sites (tertiary alicyclic amines) is 1. The first-order chi connectivity index (χ1) is 10.5. The summed E-state index contributed by atoms with van der Waals surface area (Å²) < 4.78 is 0.708. The second-order valence-electron chi connectivity index (χ2n) is 5.09. The van der Waals surface area contributed by atoms with Gasteiger partial charge in [-0.1, -0.05) is 11.6 Å². The molecule has 0 unspecified atom stereocenters. The van der Waals surface area contributed by atoms with Gasteiger partial charge in [-0.05, 0) is 18.6 Å². The Morgan fingerprint density at radius 1 is 1.45 bits per heavy atom. The molecule has 2 aromatic rings. The van der Waals surface area contributed by atoms with E-state index in [1.807, 2.05) is 17.5 Å². The quantitative estimate of drug-likeness (QED) is 0.914. The van der Waals surface area contributed by atoms with Gasteiger partial charge in [0.05, 0.1) is 27.2 Å². The first-order valence-electron chi connectivity index (χ1n) is 6.73. The molecule has 116 valence electrons. The summed E-state index contributed by atoms with van der Waals surface area (Å²) in [7, 11) is 0. The van der Waals surface area contributed by atoms with E-state index >= 15 is 0 Å². The summed E-state index contributed by atoms with van der Waals surface area (Å²) in [5, 5.41) is 11.7. The number of hydrogen-bond donors (Lipinski definition) is 1. The topological polar surface area (TPSA) is 70.5 Å². The largest absolute Gasteiger partial charge is 0.481 e. The molecule has 0 bridgehead atoms. The van der Waals surface area contributed by atoms with Gasteiger partial charge in [-0.2, -0.15) is 0 Å². The molecule has 1 amide bonds. The van der Waals surface area contributed by atoms with E-state index in [1.54, 1.807) is 4.90 Å². The number of amides is 1. The average Bonchev–Trinajstić information content (AvgIpc) is 3.17. The summed E-state index contributed by atoms with van der Waals surface area (Å²) >= 11 is 8.85. The van der Waals surface area contributed by atoms with Crippen LogP contribution in [-0.4, -0.2) is 40.0 Å². The molecule has 1 fully saturated rings. The summed E-state index contributed by atoms with van der Waals surface area (Å²) in [5.74, 6) is -1.34. The van der Waals surface area contributed by atoms with Crippen LogP contribution in [0, 0.1) is 5.92 Å². The standard InChI is InChI=1S/C14H13ClN2O3S2/c15-11-2-1-10(22-11)13-16-9(7-21-13)5-12(18)17-4-3-8(6-17)14(19)20/h1-2,7-8H,3-6H2,(H,19,20)/t8-/m0/s1. The second kappa shape index (κ2) is 6.36. The Hall–Kier alpha value is -1.44. The summed E-state index contributed by atoms with van der Waals surface area (Å²) in [6.45, 7) is 0.805. The molecule has 0 aliphatic carbocycles. The maximum absolute atomic E-state index is 12.2. The molecule has 1 N–H and O–H groups in total. The summed E-state index contributed by atoms with van der Waals surface area (Å²) in [4.78, 5) is 30.2. The molecule has 1 saturated heterocycles. The maximum Gasteiger partial charge on any atom is 0.308 e. The molecule has 0 aromatic carbocycles. The first-order valence-corrected chi connectivity index (χ1v) is 8.81. The molecule has 2 aromatic heterocycles. The highest BCUT2D eigenvalue weighted by atomic mass is 35.5. The minimum Gasteiger partial charge on any atom is -0.481 e. The number of carbonyl (C=O) groups is 2. The van der Waals surface area contributed by atoms with Gasteiger partial charge in [0, 0.05) is 18.5 Å².